The standard InChI is InChI=1S/C13H15N3O/c1-16-7-11(15-8-16)12(14)10-4-2-3-9-5-6-17-13(9)10/h2-4,7-8,12H,5-6,14H2,1H3. The molecule has 2 aromatic rings. The first kappa shape index (κ1) is 10.4. The Morgan fingerprint density at radius 3 is 3.12 bits per heavy atom. The second-order valence-corrected chi connectivity index (χ2v) is 4.38. The molecule has 17 heavy (non-hydrogen) atoms. The number of ether oxygens (including phenoxy) is 1. The number of imidazole rings is 1. The Morgan fingerprint density at radius 1 is 1.47 bits per heavy atom. The molecule has 4 nitrogen and oxygen atoms in total. The van der Waals surface area contributed by atoms with E-state index in [9.17, 15) is 0 Å². The lowest BCUT2D eigenvalue weighted by Gasteiger charge is -2.13. The average Bonchev–Trinajstić information content (AvgIpc) is 2.95. The van der Waals surface area contributed by atoms with E-state index < -0.39 is 0 Å². The van der Waals surface area contributed by atoms with Gasteiger partial charge in [0.05, 0.1) is 24.7 Å². The molecule has 0 fully saturated rings. The molecule has 0 radical (unpaired) electrons. The van der Waals surface area contributed by atoms with E-state index in [1.807, 2.05) is 29.9 Å². The fraction of sp³-hybridized carbons (Fsp3) is 0.308. The molecule has 1 atom stereocenters. The number of fused-ring (bicyclic) bond motifs is 1. The van der Waals surface area contributed by atoms with Gasteiger partial charge >= 0.3 is 0 Å². The molecular weight excluding hydrogens is 214 g/mol. The zero-order valence-electron chi connectivity index (χ0n) is 9.76. The van der Waals surface area contributed by atoms with Crippen LogP contribution in [0, 0.1) is 0 Å². The molecule has 0 amide bonds. The van der Waals surface area contributed by atoms with Gasteiger partial charge in [0.15, 0.2) is 0 Å². The topological polar surface area (TPSA) is 53.1 Å². The molecular formula is C13H15N3O. The average molecular weight is 229 g/mol. The fourth-order valence-electron chi connectivity index (χ4n) is 2.24. The summed E-state index contributed by atoms with van der Waals surface area (Å²) in [7, 11) is 1.94. The second kappa shape index (κ2) is 3.89. The van der Waals surface area contributed by atoms with Crippen molar-refractivity contribution in [3.63, 3.8) is 0 Å². The smallest absolute Gasteiger partial charge is 0.127 e. The summed E-state index contributed by atoms with van der Waals surface area (Å²) in [5.41, 5.74) is 9.39. The van der Waals surface area contributed by atoms with Crippen LogP contribution in [-0.4, -0.2) is 16.2 Å². The first-order chi connectivity index (χ1) is 8.25. The molecule has 0 bridgehead atoms. The van der Waals surface area contributed by atoms with E-state index >= 15 is 0 Å². The molecule has 1 aromatic carbocycles. The molecule has 88 valence electrons. The summed E-state index contributed by atoms with van der Waals surface area (Å²) in [5.74, 6) is 0.950. The maximum Gasteiger partial charge on any atom is 0.127 e. The fourth-order valence-corrected chi connectivity index (χ4v) is 2.24. The second-order valence-electron chi connectivity index (χ2n) is 4.38. The number of hydrogen-bond donors (Lipinski definition) is 1. The molecule has 0 aliphatic carbocycles. The molecule has 0 saturated carbocycles. The van der Waals surface area contributed by atoms with Crippen LogP contribution in [0.2, 0.25) is 0 Å². The molecule has 1 aromatic heterocycles. The maximum absolute atomic E-state index is 6.25. The van der Waals surface area contributed by atoms with Crippen molar-refractivity contribution in [2.75, 3.05) is 6.61 Å². The van der Waals surface area contributed by atoms with E-state index in [0.717, 1.165) is 30.0 Å². The number of nitrogens with two attached hydrogens (primary N) is 1. The van der Waals surface area contributed by atoms with Gasteiger partial charge in [0.1, 0.15) is 5.75 Å². The number of aryl methyl sites for hydroxylation is 1. The lowest BCUT2D eigenvalue weighted by molar-refractivity contribution is 0.352. The van der Waals surface area contributed by atoms with Gasteiger partial charge in [-0.2, -0.15) is 0 Å². The van der Waals surface area contributed by atoms with Crippen molar-refractivity contribution in [3.05, 3.63) is 47.5 Å². The lowest BCUT2D eigenvalue weighted by Crippen LogP contribution is -2.13. The highest BCUT2D eigenvalue weighted by atomic mass is 16.5. The molecule has 1 aliphatic heterocycles. The van der Waals surface area contributed by atoms with Gasteiger partial charge in [-0.3, -0.25) is 0 Å². The molecule has 0 saturated heterocycles. The van der Waals surface area contributed by atoms with Gasteiger partial charge in [0, 0.05) is 25.2 Å². The van der Waals surface area contributed by atoms with Crippen LogP contribution in [0.25, 0.3) is 0 Å². The maximum atomic E-state index is 6.25. The minimum absolute atomic E-state index is 0.218. The number of hydrogen-bond acceptors (Lipinski definition) is 3. The zero-order valence-corrected chi connectivity index (χ0v) is 9.76. The largest absolute Gasteiger partial charge is 0.493 e. The Bertz CT molecular complexity index is 547. The Kier molecular flexibility index (Phi) is 2.37. The van der Waals surface area contributed by atoms with Crippen LogP contribution < -0.4 is 10.5 Å². The lowest BCUT2D eigenvalue weighted by atomic mass is 10.0. The van der Waals surface area contributed by atoms with Gasteiger partial charge in [-0.05, 0) is 5.56 Å². The number of nitrogens with zero attached hydrogens (tertiary/aromatic N) is 2. The van der Waals surface area contributed by atoms with Gasteiger partial charge < -0.3 is 15.0 Å². The van der Waals surface area contributed by atoms with Crippen molar-refractivity contribution in [2.24, 2.45) is 12.8 Å². The monoisotopic (exact) mass is 229 g/mol. The minimum Gasteiger partial charge on any atom is -0.493 e. The van der Waals surface area contributed by atoms with Crippen molar-refractivity contribution in [1.82, 2.24) is 9.55 Å². The van der Waals surface area contributed by atoms with Crippen LogP contribution in [0.3, 0.4) is 0 Å². The first-order valence-corrected chi connectivity index (χ1v) is 5.74. The number of benzene rings is 1. The van der Waals surface area contributed by atoms with Crippen LogP contribution in [0.5, 0.6) is 5.75 Å². The molecule has 2 heterocycles. The highest BCUT2D eigenvalue weighted by molar-refractivity contribution is 5.47. The molecule has 4 heteroatoms. The summed E-state index contributed by atoms with van der Waals surface area (Å²) in [4.78, 5) is 4.30. The third kappa shape index (κ3) is 1.70. The number of rotatable bonds is 2. The van der Waals surface area contributed by atoms with Crippen LogP contribution in [0.15, 0.2) is 30.7 Å². The summed E-state index contributed by atoms with van der Waals surface area (Å²) < 4.78 is 7.57. The van der Waals surface area contributed by atoms with Gasteiger partial charge in [-0.15, -0.1) is 0 Å². The predicted molar refractivity (Wildman–Crippen MR) is 64.9 cm³/mol. The van der Waals surface area contributed by atoms with Gasteiger partial charge in [-0.25, -0.2) is 4.98 Å². The minimum atomic E-state index is -0.218. The SMILES string of the molecule is Cn1cnc(C(N)c2cccc3c2OCC3)c1. The third-order valence-corrected chi connectivity index (χ3v) is 3.12. The zero-order chi connectivity index (χ0) is 11.8. The predicted octanol–water partition coefficient (Wildman–Crippen LogP) is 1.40. The Hall–Kier alpha value is -1.81. The summed E-state index contributed by atoms with van der Waals surface area (Å²) in [5, 5.41) is 0. The van der Waals surface area contributed by atoms with Crippen molar-refractivity contribution in [1.29, 1.82) is 0 Å². The summed E-state index contributed by atoms with van der Waals surface area (Å²) in [6.07, 6.45) is 4.68. The normalized spacial score (nSPS) is 15.4. The van der Waals surface area contributed by atoms with Gasteiger partial charge in [0.25, 0.3) is 0 Å². The van der Waals surface area contributed by atoms with Crippen LogP contribution in [0.4, 0.5) is 0 Å². The molecule has 0 spiro atoms. The van der Waals surface area contributed by atoms with Crippen molar-refractivity contribution in [2.45, 2.75) is 12.5 Å². The van der Waals surface area contributed by atoms with E-state index in [0.29, 0.717) is 0 Å². The number of aromatic nitrogens is 2. The van der Waals surface area contributed by atoms with Crippen LogP contribution >= 0.6 is 0 Å². The van der Waals surface area contributed by atoms with Crippen molar-refractivity contribution < 1.29 is 4.74 Å². The highest BCUT2D eigenvalue weighted by Gasteiger charge is 2.21. The Labute approximate surface area is 100 Å². The van der Waals surface area contributed by atoms with Gasteiger partial charge in [0.2, 0.25) is 0 Å². The van der Waals surface area contributed by atoms with E-state index in [2.05, 4.69) is 11.1 Å². The van der Waals surface area contributed by atoms with Crippen molar-refractivity contribution in [3.8, 4) is 5.75 Å². The van der Waals surface area contributed by atoms with Gasteiger partial charge in [-0.1, -0.05) is 18.2 Å². The third-order valence-electron chi connectivity index (χ3n) is 3.12. The molecule has 1 aliphatic rings. The molecule has 1 unspecified atom stereocenters. The van der Waals surface area contributed by atoms with Crippen LogP contribution in [0.1, 0.15) is 22.9 Å². The Morgan fingerprint density at radius 2 is 2.35 bits per heavy atom. The van der Waals surface area contributed by atoms with E-state index in [1.54, 1.807) is 6.33 Å². The van der Waals surface area contributed by atoms with Crippen LogP contribution in [-0.2, 0) is 13.5 Å². The Balaban J connectivity index is 2.02. The quantitative estimate of drug-likeness (QED) is 0.847. The van der Waals surface area contributed by atoms with E-state index in [4.69, 9.17) is 10.5 Å². The van der Waals surface area contributed by atoms with E-state index in [-0.39, 0.29) is 6.04 Å². The number of para-hydroxylation sites is 1. The summed E-state index contributed by atoms with van der Waals surface area (Å²) in [6, 6.07) is 5.93. The first-order valence-electron chi connectivity index (χ1n) is 5.74. The summed E-state index contributed by atoms with van der Waals surface area (Å²) in [6.45, 7) is 0.751. The van der Waals surface area contributed by atoms with E-state index in [1.165, 1.54) is 5.56 Å². The van der Waals surface area contributed by atoms with Crippen molar-refractivity contribution >= 4 is 0 Å². The molecule has 2 N–H and O–H groups in total. The summed E-state index contributed by atoms with van der Waals surface area (Å²) >= 11 is 0. The highest BCUT2D eigenvalue weighted by Crippen LogP contribution is 2.34. The molecule has 3 rings (SSSR count).